The molecule has 212 valence electrons. The number of hydrogen-bond acceptors (Lipinski definition) is 0. The number of H-pyrrole nitrogens is 1. The second-order valence-electron chi connectivity index (χ2n) is 11.9. The summed E-state index contributed by atoms with van der Waals surface area (Å²) in [7, 11) is 0. The van der Waals surface area contributed by atoms with Gasteiger partial charge in [0.2, 0.25) is 0 Å². The molecule has 1 aromatic rings. The summed E-state index contributed by atoms with van der Waals surface area (Å²) in [5.41, 5.74) is 0. The maximum atomic E-state index is 3.66. The van der Waals surface area contributed by atoms with E-state index in [1.165, 1.54) is 166 Å². The first-order chi connectivity index (χ1) is 17.7. The first-order valence-corrected chi connectivity index (χ1v) is 16.8. The Balaban J connectivity index is 2.22. The van der Waals surface area contributed by atoms with E-state index < -0.39 is 0 Å². The summed E-state index contributed by atoms with van der Waals surface area (Å²) in [6.07, 6.45) is 39.8. The number of aromatic amines is 1. The molecule has 2 heteroatoms. The molecule has 0 aliphatic rings. The van der Waals surface area contributed by atoms with Gasteiger partial charge in [0.05, 0.1) is 12.0 Å². The van der Waals surface area contributed by atoms with Crippen LogP contribution in [0.2, 0.25) is 0 Å². The molecular formula is C34H67N2+. The highest BCUT2D eigenvalue weighted by atomic mass is 15.1. The van der Waals surface area contributed by atoms with Gasteiger partial charge in [-0.05, 0) is 32.6 Å². The zero-order valence-corrected chi connectivity index (χ0v) is 25.4. The number of hydrogen-bond donors (Lipinski definition) is 1. The molecule has 0 aliphatic carbocycles. The third-order valence-corrected chi connectivity index (χ3v) is 8.37. The molecule has 1 N–H and O–H groups in total. The lowest BCUT2D eigenvalue weighted by atomic mass is 9.94. The topological polar surface area (TPSA) is 19.7 Å². The van der Waals surface area contributed by atoms with Crippen LogP contribution in [0.25, 0.3) is 0 Å². The van der Waals surface area contributed by atoms with Crippen LogP contribution in [0.5, 0.6) is 0 Å². The van der Waals surface area contributed by atoms with Crippen LogP contribution < -0.4 is 4.57 Å². The summed E-state index contributed by atoms with van der Waals surface area (Å²) in [6.45, 7) is 9.41. The van der Waals surface area contributed by atoms with Crippen LogP contribution in [-0.2, 0) is 0 Å². The van der Waals surface area contributed by atoms with Gasteiger partial charge in [-0.2, -0.15) is 0 Å². The molecule has 1 aromatic heterocycles. The molecule has 0 spiro atoms. The number of aromatic nitrogens is 2. The maximum Gasteiger partial charge on any atom is 0.257 e. The third-order valence-electron chi connectivity index (χ3n) is 8.37. The molecule has 1 rings (SSSR count). The molecule has 1 heterocycles. The SMILES string of the molecule is CCCCCCCCCCCCCC(C)[n+]1cc[nH]c1C(CCC)CCCCCCCCCCCC. The maximum absolute atomic E-state index is 3.66. The van der Waals surface area contributed by atoms with Gasteiger partial charge in [0.25, 0.3) is 5.82 Å². The minimum atomic E-state index is 0.622. The highest BCUT2D eigenvalue weighted by molar-refractivity contribution is 4.90. The highest BCUT2D eigenvalue weighted by Gasteiger charge is 2.24. The number of rotatable bonds is 27. The summed E-state index contributed by atoms with van der Waals surface area (Å²) >= 11 is 0. The van der Waals surface area contributed by atoms with Crippen molar-refractivity contribution in [3.8, 4) is 0 Å². The molecule has 2 unspecified atom stereocenters. The molecule has 0 bridgehead atoms. The summed E-state index contributed by atoms with van der Waals surface area (Å²) in [5, 5.41) is 0. The monoisotopic (exact) mass is 504 g/mol. The fourth-order valence-corrected chi connectivity index (χ4v) is 5.96. The molecule has 36 heavy (non-hydrogen) atoms. The molecule has 0 radical (unpaired) electrons. The minimum Gasteiger partial charge on any atom is -0.247 e. The van der Waals surface area contributed by atoms with Gasteiger partial charge >= 0.3 is 0 Å². The van der Waals surface area contributed by atoms with Crippen molar-refractivity contribution >= 4 is 0 Å². The summed E-state index contributed by atoms with van der Waals surface area (Å²) in [4.78, 5) is 3.66. The van der Waals surface area contributed by atoms with E-state index in [9.17, 15) is 0 Å². The summed E-state index contributed by atoms with van der Waals surface area (Å²) in [6, 6.07) is 0.622. The van der Waals surface area contributed by atoms with E-state index in [0.29, 0.717) is 12.0 Å². The van der Waals surface area contributed by atoms with E-state index in [-0.39, 0.29) is 0 Å². The second-order valence-corrected chi connectivity index (χ2v) is 11.9. The lowest BCUT2D eigenvalue weighted by Gasteiger charge is -2.16. The zero-order chi connectivity index (χ0) is 26.1. The normalized spacial score (nSPS) is 13.3. The van der Waals surface area contributed by atoms with Gasteiger partial charge in [-0.3, -0.25) is 0 Å². The van der Waals surface area contributed by atoms with Crippen molar-refractivity contribution in [1.82, 2.24) is 4.98 Å². The molecule has 2 atom stereocenters. The van der Waals surface area contributed by atoms with Crippen molar-refractivity contribution in [2.45, 2.75) is 200 Å². The smallest absolute Gasteiger partial charge is 0.247 e. The van der Waals surface area contributed by atoms with E-state index in [1.54, 1.807) is 0 Å². The van der Waals surface area contributed by atoms with Gasteiger partial charge in [-0.25, -0.2) is 9.55 Å². The largest absolute Gasteiger partial charge is 0.257 e. The predicted molar refractivity (Wildman–Crippen MR) is 161 cm³/mol. The number of unbranched alkanes of at least 4 members (excludes halogenated alkanes) is 19. The minimum absolute atomic E-state index is 0.622. The van der Waals surface area contributed by atoms with Gasteiger partial charge < -0.3 is 0 Å². The van der Waals surface area contributed by atoms with Crippen LogP contribution >= 0.6 is 0 Å². The average molecular weight is 504 g/mol. The summed E-state index contributed by atoms with van der Waals surface area (Å²) < 4.78 is 2.59. The Morgan fingerprint density at radius 1 is 0.528 bits per heavy atom. The van der Waals surface area contributed by atoms with Gasteiger partial charge in [0, 0.05) is 0 Å². The average Bonchev–Trinajstić information content (AvgIpc) is 3.37. The first-order valence-electron chi connectivity index (χ1n) is 16.8. The second kappa shape index (κ2) is 24.5. The first kappa shape index (κ1) is 33.2. The van der Waals surface area contributed by atoms with Crippen LogP contribution in [0, 0.1) is 0 Å². The van der Waals surface area contributed by atoms with E-state index in [2.05, 4.69) is 49.6 Å². The Hall–Kier alpha value is -0.790. The lowest BCUT2D eigenvalue weighted by Crippen LogP contribution is -2.41. The Morgan fingerprint density at radius 2 is 0.944 bits per heavy atom. The molecule has 0 amide bonds. The predicted octanol–water partition coefficient (Wildman–Crippen LogP) is 11.8. The zero-order valence-electron chi connectivity index (χ0n) is 25.4. The van der Waals surface area contributed by atoms with Gasteiger partial charge in [0.1, 0.15) is 12.4 Å². The molecule has 0 fully saturated rings. The van der Waals surface area contributed by atoms with Crippen LogP contribution in [0.15, 0.2) is 12.4 Å². The Bertz CT molecular complexity index is 563. The Morgan fingerprint density at radius 3 is 1.39 bits per heavy atom. The molecule has 0 saturated heterocycles. The highest BCUT2D eigenvalue weighted by Crippen LogP contribution is 2.26. The fourth-order valence-electron chi connectivity index (χ4n) is 5.96. The lowest BCUT2D eigenvalue weighted by molar-refractivity contribution is -0.727. The standard InChI is InChI=1S/C34H66N2/c1-5-8-10-12-14-16-18-19-21-23-25-28-32(4)36-31-30-35-34(36)33(27-7-3)29-26-24-22-20-17-15-13-11-9-6-2/h30-33H,5-29H2,1-4H3/p+1. The Kier molecular flexibility index (Phi) is 22.7. The van der Waals surface area contributed by atoms with Gasteiger partial charge in [-0.1, -0.05) is 156 Å². The van der Waals surface area contributed by atoms with Crippen molar-refractivity contribution in [2.24, 2.45) is 0 Å². The van der Waals surface area contributed by atoms with Crippen LogP contribution in [-0.4, -0.2) is 4.98 Å². The number of nitrogens with one attached hydrogen (secondary N) is 1. The quantitative estimate of drug-likeness (QED) is 0.0909. The molecule has 2 nitrogen and oxygen atoms in total. The Labute approximate surface area is 227 Å². The number of nitrogens with zero attached hydrogens (tertiary/aromatic N) is 1. The van der Waals surface area contributed by atoms with E-state index in [1.807, 2.05) is 0 Å². The van der Waals surface area contributed by atoms with Crippen molar-refractivity contribution < 1.29 is 4.57 Å². The molecular weight excluding hydrogens is 436 g/mol. The summed E-state index contributed by atoms with van der Waals surface area (Å²) in [5.74, 6) is 2.21. The van der Waals surface area contributed by atoms with E-state index in [4.69, 9.17) is 0 Å². The third kappa shape index (κ3) is 16.9. The van der Waals surface area contributed by atoms with E-state index in [0.717, 1.165) is 0 Å². The van der Waals surface area contributed by atoms with E-state index >= 15 is 0 Å². The molecule has 0 aromatic carbocycles. The molecule has 0 aliphatic heterocycles. The van der Waals surface area contributed by atoms with Gasteiger partial charge in [0.15, 0.2) is 0 Å². The van der Waals surface area contributed by atoms with Crippen molar-refractivity contribution in [1.29, 1.82) is 0 Å². The van der Waals surface area contributed by atoms with Crippen LogP contribution in [0.3, 0.4) is 0 Å². The fraction of sp³-hybridized carbons (Fsp3) is 0.912. The van der Waals surface area contributed by atoms with Crippen molar-refractivity contribution in [3.05, 3.63) is 18.2 Å². The van der Waals surface area contributed by atoms with Crippen LogP contribution in [0.4, 0.5) is 0 Å². The molecule has 0 saturated carbocycles. The van der Waals surface area contributed by atoms with Crippen molar-refractivity contribution in [3.63, 3.8) is 0 Å². The number of imidazole rings is 1. The van der Waals surface area contributed by atoms with Gasteiger partial charge in [-0.15, -0.1) is 0 Å². The van der Waals surface area contributed by atoms with Crippen molar-refractivity contribution in [2.75, 3.05) is 0 Å². The van der Waals surface area contributed by atoms with Crippen LogP contribution in [0.1, 0.15) is 206 Å².